The third-order valence-electron chi connectivity index (χ3n) is 3.60. The molecule has 7 heteroatoms. The Balaban J connectivity index is 1.69. The molecule has 2 heterocycles. The maximum atomic E-state index is 12.1. The van der Waals surface area contributed by atoms with Gasteiger partial charge in [-0.3, -0.25) is 9.59 Å². The van der Waals surface area contributed by atoms with E-state index in [-0.39, 0.29) is 17.2 Å². The van der Waals surface area contributed by atoms with E-state index in [4.69, 9.17) is 0 Å². The number of anilines is 1. The Morgan fingerprint density at radius 1 is 1.29 bits per heavy atom. The van der Waals surface area contributed by atoms with Crippen LogP contribution in [0.25, 0.3) is 10.2 Å². The smallest absolute Gasteiger partial charge is 0.260 e. The molecule has 2 N–H and O–H groups in total. The van der Waals surface area contributed by atoms with Crippen LogP contribution in [0.2, 0.25) is 0 Å². The summed E-state index contributed by atoms with van der Waals surface area (Å²) in [6.45, 7) is 5.86. The summed E-state index contributed by atoms with van der Waals surface area (Å²) in [4.78, 5) is 32.1. The zero-order chi connectivity index (χ0) is 17.3. The average molecular weight is 359 g/mol. The van der Waals surface area contributed by atoms with Crippen LogP contribution >= 0.6 is 23.1 Å². The largest absolute Gasteiger partial charge is 0.325 e. The Kier molecular flexibility index (Phi) is 4.73. The fourth-order valence-corrected chi connectivity index (χ4v) is 4.05. The highest BCUT2D eigenvalue weighted by molar-refractivity contribution is 7.99. The van der Waals surface area contributed by atoms with E-state index >= 15 is 0 Å². The van der Waals surface area contributed by atoms with E-state index in [1.165, 1.54) is 23.1 Å². The van der Waals surface area contributed by atoms with Crippen LogP contribution in [0.1, 0.15) is 16.7 Å². The Morgan fingerprint density at radius 3 is 2.83 bits per heavy atom. The van der Waals surface area contributed by atoms with Gasteiger partial charge in [0, 0.05) is 5.69 Å². The monoisotopic (exact) mass is 359 g/mol. The lowest BCUT2D eigenvalue weighted by Crippen LogP contribution is -2.16. The standard InChI is InChI=1S/C17H17N3O2S2/c1-9-4-5-12(10(2)6-9)18-13(21)8-24-17-19-15(22)14-11(3)7-23-16(14)20-17/h4-7H,8H2,1-3H3,(H,18,21)(H,19,20,22). The first-order valence-corrected chi connectivity index (χ1v) is 9.28. The summed E-state index contributed by atoms with van der Waals surface area (Å²) >= 11 is 2.66. The number of fused-ring (bicyclic) bond motifs is 1. The zero-order valence-electron chi connectivity index (χ0n) is 13.6. The number of thioether (sulfide) groups is 1. The van der Waals surface area contributed by atoms with E-state index in [2.05, 4.69) is 15.3 Å². The molecule has 0 aliphatic heterocycles. The first-order chi connectivity index (χ1) is 11.4. The molecule has 124 valence electrons. The summed E-state index contributed by atoms with van der Waals surface area (Å²) < 4.78 is 0. The highest BCUT2D eigenvalue weighted by Gasteiger charge is 2.11. The quantitative estimate of drug-likeness (QED) is 0.551. The Morgan fingerprint density at radius 2 is 2.08 bits per heavy atom. The zero-order valence-corrected chi connectivity index (χ0v) is 15.2. The number of aryl methyl sites for hydroxylation is 3. The number of aromatic nitrogens is 2. The van der Waals surface area contributed by atoms with Gasteiger partial charge in [-0.15, -0.1) is 11.3 Å². The first-order valence-electron chi connectivity index (χ1n) is 7.42. The minimum absolute atomic E-state index is 0.128. The number of hydrogen-bond donors (Lipinski definition) is 2. The van der Waals surface area contributed by atoms with Gasteiger partial charge < -0.3 is 10.3 Å². The van der Waals surface area contributed by atoms with Crippen LogP contribution in [0.4, 0.5) is 5.69 Å². The van der Waals surface area contributed by atoms with Crippen LogP contribution in [0.3, 0.4) is 0 Å². The molecule has 2 aromatic heterocycles. The molecule has 1 aromatic carbocycles. The summed E-state index contributed by atoms with van der Waals surface area (Å²) in [5.41, 5.74) is 3.75. The number of carbonyl (C=O) groups excluding carboxylic acids is 1. The number of benzene rings is 1. The third kappa shape index (κ3) is 3.52. The fraction of sp³-hybridized carbons (Fsp3) is 0.235. The summed E-state index contributed by atoms with van der Waals surface area (Å²) in [6.07, 6.45) is 0. The molecule has 1 amide bonds. The van der Waals surface area contributed by atoms with Gasteiger partial charge in [0.25, 0.3) is 5.56 Å². The van der Waals surface area contributed by atoms with Gasteiger partial charge in [0.1, 0.15) is 4.83 Å². The molecule has 0 aliphatic carbocycles. The molecule has 5 nitrogen and oxygen atoms in total. The van der Waals surface area contributed by atoms with Crippen molar-refractivity contribution in [1.29, 1.82) is 0 Å². The van der Waals surface area contributed by atoms with Crippen LogP contribution in [0.5, 0.6) is 0 Å². The summed E-state index contributed by atoms with van der Waals surface area (Å²) in [6, 6.07) is 5.88. The highest BCUT2D eigenvalue weighted by atomic mass is 32.2. The second kappa shape index (κ2) is 6.78. The van der Waals surface area contributed by atoms with Crippen molar-refractivity contribution in [1.82, 2.24) is 9.97 Å². The number of thiophene rings is 1. The number of hydrogen-bond acceptors (Lipinski definition) is 5. The van der Waals surface area contributed by atoms with Crippen LogP contribution < -0.4 is 10.9 Å². The molecule has 0 fully saturated rings. The Labute approximate surface area is 147 Å². The number of rotatable bonds is 4. The van der Waals surface area contributed by atoms with Gasteiger partial charge in [0.05, 0.1) is 11.1 Å². The molecule has 0 bridgehead atoms. The van der Waals surface area contributed by atoms with E-state index in [0.29, 0.717) is 15.4 Å². The van der Waals surface area contributed by atoms with E-state index < -0.39 is 0 Å². The van der Waals surface area contributed by atoms with Crippen LogP contribution in [-0.4, -0.2) is 21.6 Å². The predicted molar refractivity (Wildman–Crippen MR) is 100 cm³/mol. The average Bonchev–Trinajstić information content (AvgIpc) is 2.90. The Bertz CT molecular complexity index is 976. The molecule has 24 heavy (non-hydrogen) atoms. The van der Waals surface area contributed by atoms with Crippen LogP contribution in [0.15, 0.2) is 33.5 Å². The minimum atomic E-state index is -0.156. The van der Waals surface area contributed by atoms with Crippen molar-refractivity contribution >= 4 is 44.9 Å². The van der Waals surface area contributed by atoms with Gasteiger partial charge in [-0.25, -0.2) is 4.98 Å². The maximum absolute atomic E-state index is 12.1. The lowest BCUT2D eigenvalue weighted by molar-refractivity contribution is -0.113. The van der Waals surface area contributed by atoms with Crippen molar-refractivity contribution in [3.63, 3.8) is 0 Å². The number of carbonyl (C=O) groups is 1. The molecule has 0 aliphatic rings. The van der Waals surface area contributed by atoms with Crippen molar-refractivity contribution in [2.45, 2.75) is 25.9 Å². The molecular formula is C17H17N3O2S2. The number of nitrogens with zero attached hydrogens (tertiary/aromatic N) is 1. The number of amides is 1. The molecule has 3 rings (SSSR count). The van der Waals surface area contributed by atoms with E-state index in [1.54, 1.807) is 0 Å². The molecule has 3 aromatic rings. The van der Waals surface area contributed by atoms with Gasteiger partial charge in [0.15, 0.2) is 5.16 Å². The molecule has 0 atom stereocenters. The highest BCUT2D eigenvalue weighted by Crippen LogP contribution is 2.23. The Hall–Kier alpha value is -2.12. The summed E-state index contributed by atoms with van der Waals surface area (Å²) in [7, 11) is 0. The molecular weight excluding hydrogens is 342 g/mol. The van der Waals surface area contributed by atoms with Gasteiger partial charge >= 0.3 is 0 Å². The third-order valence-corrected chi connectivity index (χ3v) is 5.47. The van der Waals surface area contributed by atoms with E-state index in [1.807, 2.05) is 44.4 Å². The molecule has 0 saturated carbocycles. The number of H-pyrrole nitrogens is 1. The van der Waals surface area contributed by atoms with Gasteiger partial charge in [-0.2, -0.15) is 0 Å². The van der Waals surface area contributed by atoms with Gasteiger partial charge in [0.2, 0.25) is 5.91 Å². The molecule has 0 spiro atoms. The van der Waals surface area contributed by atoms with Crippen molar-refractivity contribution in [2.24, 2.45) is 0 Å². The summed E-state index contributed by atoms with van der Waals surface area (Å²) in [5, 5.41) is 5.89. The molecule has 0 saturated heterocycles. The van der Waals surface area contributed by atoms with E-state index in [9.17, 15) is 9.59 Å². The van der Waals surface area contributed by atoms with Gasteiger partial charge in [-0.05, 0) is 43.3 Å². The van der Waals surface area contributed by atoms with Gasteiger partial charge in [-0.1, -0.05) is 29.5 Å². The van der Waals surface area contributed by atoms with Crippen molar-refractivity contribution in [3.05, 3.63) is 50.6 Å². The minimum Gasteiger partial charge on any atom is -0.325 e. The normalized spacial score (nSPS) is 11.0. The van der Waals surface area contributed by atoms with E-state index in [0.717, 1.165) is 22.4 Å². The van der Waals surface area contributed by atoms with Crippen LogP contribution in [0, 0.1) is 20.8 Å². The topological polar surface area (TPSA) is 74.8 Å². The van der Waals surface area contributed by atoms with Crippen LogP contribution in [-0.2, 0) is 4.79 Å². The maximum Gasteiger partial charge on any atom is 0.260 e. The first kappa shape index (κ1) is 16.7. The second-order valence-corrected chi connectivity index (χ2v) is 7.45. The van der Waals surface area contributed by atoms with Crippen molar-refractivity contribution < 1.29 is 4.79 Å². The molecule has 0 radical (unpaired) electrons. The number of aromatic amines is 1. The number of nitrogens with one attached hydrogen (secondary N) is 2. The lowest BCUT2D eigenvalue weighted by atomic mass is 10.1. The molecule has 0 unspecified atom stereocenters. The van der Waals surface area contributed by atoms with Crippen molar-refractivity contribution in [3.8, 4) is 0 Å². The SMILES string of the molecule is Cc1ccc(NC(=O)CSc2nc3scc(C)c3c(=O)[nH]2)c(C)c1. The summed E-state index contributed by atoms with van der Waals surface area (Å²) in [5.74, 6) is 0.0589. The lowest BCUT2D eigenvalue weighted by Gasteiger charge is -2.08. The van der Waals surface area contributed by atoms with Crippen molar-refractivity contribution in [2.75, 3.05) is 11.1 Å². The second-order valence-electron chi connectivity index (χ2n) is 5.63. The predicted octanol–water partition coefficient (Wildman–Crippen LogP) is 3.64. The fourth-order valence-electron chi connectivity index (χ4n) is 2.41.